The largest absolute Gasteiger partial charge is 0.480 e. The SMILES string of the molecule is CCS(=O)(=O)N(CC(=O)O)c1ccccc1C. The monoisotopic (exact) mass is 257 g/mol. The third kappa shape index (κ3) is 3.20. The van der Waals surface area contributed by atoms with Crippen LogP contribution < -0.4 is 4.31 Å². The summed E-state index contributed by atoms with van der Waals surface area (Å²) in [5.41, 5.74) is 1.14. The summed E-state index contributed by atoms with van der Waals surface area (Å²) in [7, 11) is -3.58. The first-order valence-electron chi connectivity index (χ1n) is 5.16. The Balaban J connectivity index is 3.25. The van der Waals surface area contributed by atoms with Gasteiger partial charge in [-0.1, -0.05) is 18.2 Å². The van der Waals surface area contributed by atoms with Crippen molar-refractivity contribution in [2.45, 2.75) is 13.8 Å². The molecule has 0 saturated heterocycles. The summed E-state index contributed by atoms with van der Waals surface area (Å²) in [6, 6.07) is 6.81. The molecule has 94 valence electrons. The Kier molecular flexibility index (Phi) is 4.11. The molecule has 0 fully saturated rings. The first-order chi connectivity index (χ1) is 7.88. The van der Waals surface area contributed by atoms with Crippen LogP contribution in [0.5, 0.6) is 0 Å². The number of hydrogen-bond acceptors (Lipinski definition) is 3. The highest BCUT2D eigenvalue weighted by Crippen LogP contribution is 2.22. The van der Waals surface area contributed by atoms with Crippen LogP contribution >= 0.6 is 0 Å². The van der Waals surface area contributed by atoms with Crippen molar-refractivity contribution < 1.29 is 18.3 Å². The number of sulfonamides is 1. The molecule has 0 heterocycles. The topological polar surface area (TPSA) is 74.7 Å². The highest BCUT2D eigenvalue weighted by atomic mass is 32.2. The van der Waals surface area contributed by atoms with Gasteiger partial charge in [-0.15, -0.1) is 0 Å². The first-order valence-corrected chi connectivity index (χ1v) is 6.77. The molecule has 0 aliphatic carbocycles. The number of carboxylic acids is 1. The zero-order chi connectivity index (χ0) is 13.1. The average molecular weight is 257 g/mol. The Bertz CT molecular complexity index is 510. The predicted molar refractivity (Wildman–Crippen MR) is 65.6 cm³/mol. The second-order valence-electron chi connectivity index (χ2n) is 3.59. The molecule has 17 heavy (non-hydrogen) atoms. The fourth-order valence-electron chi connectivity index (χ4n) is 1.46. The molecule has 0 aliphatic rings. The minimum Gasteiger partial charge on any atom is -0.480 e. The lowest BCUT2D eigenvalue weighted by Crippen LogP contribution is -2.37. The zero-order valence-electron chi connectivity index (χ0n) is 9.75. The molecule has 1 N–H and O–H groups in total. The number of carboxylic acid groups (broad SMARTS) is 1. The maximum Gasteiger partial charge on any atom is 0.324 e. The van der Waals surface area contributed by atoms with Crippen molar-refractivity contribution in [2.75, 3.05) is 16.6 Å². The number of anilines is 1. The second kappa shape index (κ2) is 5.18. The van der Waals surface area contributed by atoms with Crippen molar-refractivity contribution in [3.05, 3.63) is 29.8 Å². The fourth-order valence-corrected chi connectivity index (χ4v) is 2.58. The summed E-state index contributed by atoms with van der Waals surface area (Å²) in [6.45, 7) is 2.68. The number of carbonyl (C=O) groups is 1. The Morgan fingerprint density at radius 3 is 2.41 bits per heavy atom. The summed E-state index contributed by atoms with van der Waals surface area (Å²) in [5.74, 6) is -1.31. The van der Waals surface area contributed by atoms with E-state index in [-0.39, 0.29) is 5.75 Å². The maximum absolute atomic E-state index is 11.9. The van der Waals surface area contributed by atoms with Gasteiger partial charge in [0.1, 0.15) is 6.54 Å². The molecule has 0 aromatic heterocycles. The third-order valence-corrected chi connectivity index (χ3v) is 4.09. The summed E-state index contributed by atoms with van der Waals surface area (Å²) in [4.78, 5) is 10.8. The summed E-state index contributed by atoms with van der Waals surface area (Å²) in [5, 5.41) is 8.79. The maximum atomic E-state index is 11.9. The molecular formula is C11H15NO4S. The number of para-hydroxylation sites is 1. The molecule has 1 aromatic carbocycles. The smallest absolute Gasteiger partial charge is 0.324 e. The van der Waals surface area contributed by atoms with Gasteiger partial charge in [-0.05, 0) is 25.5 Å². The van der Waals surface area contributed by atoms with Gasteiger partial charge in [0.15, 0.2) is 0 Å². The molecule has 0 aliphatic heterocycles. The predicted octanol–water partition coefficient (Wildman–Crippen LogP) is 1.24. The van der Waals surface area contributed by atoms with Crippen molar-refractivity contribution in [2.24, 2.45) is 0 Å². The van der Waals surface area contributed by atoms with E-state index in [4.69, 9.17) is 5.11 Å². The van der Waals surface area contributed by atoms with Gasteiger partial charge in [-0.25, -0.2) is 8.42 Å². The Labute approximate surface area is 101 Å². The normalized spacial score (nSPS) is 11.2. The molecule has 0 radical (unpaired) electrons. The molecule has 0 amide bonds. The van der Waals surface area contributed by atoms with Gasteiger partial charge in [-0.3, -0.25) is 9.10 Å². The van der Waals surface area contributed by atoms with E-state index in [0.29, 0.717) is 5.69 Å². The number of hydrogen-bond donors (Lipinski definition) is 1. The van der Waals surface area contributed by atoms with Gasteiger partial charge in [0, 0.05) is 0 Å². The van der Waals surface area contributed by atoms with E-state index < -0.39 is 22.5 Å². The van der Waals surface area contributed by atoms with Gasteiger partial charge in [-0.2, -0.15) is 0 Å². The average Bonchev–Trinajstić information content (AvgIpc) is 2.26. The van der Waals surface area contributed by atoms with Gasteiger partial charge in [0.05, 0.1) is 11.4 Å². The lowest BCUT2D eigenvalue weighted by molar-refractivity contribution is -0.135. The Hall–Kier alpha value is -1.56. The van der Waals surface area contributed by atoms with Crippen LogP contribution in [0.15, 0.2) is 24.3 Å². The van der Waals surface area contributed by atoms with Gasteiger partial charge < -0.3 is 5.11 Å². The number of rotatable bonds is 5. The first kappa shape index (κ1) is 13.5. The lowest BCUT2D eigenvalue weighted by atomic mass is 10.2. The van der Waals surface area contributed by atoms with Crippen molar-refractivity contribution in [3.63, 3.8) is 0 Å². The van der Waals surface area contributed by atoms with Crippen molar-refractivity contribution in [1.29, 1.82) is 0 Å². The minimum atomic E-state index is -3.58. The van der Waals surface area contributed by atoms with E-state index in [9.17, 15) is 13.2 Å². The number of nitrogens with zero attached hydrogens (tertiary/aromatic N) is 1. The van der Waals surface area contributed by atoms with Crippen LogP contribution in [0.1, 0.15) is 12.5 Å². The van der Waals surface area contributed by atoms with E-state index in [1.807, 2.05) is 0 Å². The lowest BCUT2D eigenvalue weighted by Gasteiger charge is -2.23. The van der Waals surface area contributed by atoms with Crippen LogP contribution in [0.25, 0.3) is 0 Å². The summed E-state index contributed by atoms with van der Waals surface area (Å²) >= 11 is 0. The van der Waals surface area contributed by atoms with Gasteiger partial charge in [0.2, 0.25) is 10.0 Å². The summed E-state index contributed by atoms with van der Waals surface area (Å²) in [6.07, 6.45) is 0. The van der Waals surface area contributed by atoms with Crippen LogP contribution in [0, 0.1) is 6.92 Å². The fraction of sp³-hybridized carbons (Fsp3) is 0.364. The number of aryl methyl sites for hydroxylation is 1. The number of benzene rings is 1. The molecule has 1 rings (SSSR count). The van der Waals surface area contributed by atoms with Crippen LogP contribution in [0.2, 0.25) is 0 Å². The van der Waals surface area contributed by atoms with E-state index in [1.165, 1.54) is 6.92 Å². The molecule has 0 spiro atoms. The Morgan fingerprint density at radius 1 is 1.35 bits per heavy atom. The standard InChI is InChI=1S/C11H15NO4S/c1-3-17(15,16)12(8-11(13)14)10-7-5-4-6-9(10)2/h4-7H,3,8H2,1-2H3,(H,13,14). The van der Waals surface area contributed by atoms with Crippen LogP contribution in [-0.2, 0) is 14.8 Å². The van der Waals surface area contributed by atoms with E-state index >= 15 is 0 Å². The van der Waals surface area contributed by atoms with Gasteiger partial charge >= 0.3 is 5.97 Å². The Morgan fingerprint density at radius 2 is 1.94 bits per heavy atom. The third-order valence-electron chi connectivity index (χ3n) is 2.36. The molecule has 0 unspecified atom stereocenters. The molecular weight excluding hydrogens is 242 g/mol. The van der Waals surface area contributed by atoms with Crippen LogP contribution in [-0.4, -0.2) is 31.8 Å². The quantitative estimate of drug-likeness (QED) is 0.861. The second-order valence-corrected chi connectivity index (χ2v) is 5.77. The molecule has 6 heteroatoms. The molecule has 5 nitrogen and oxygen atoms in total. The molecule has 1 aromatic rings. The zero-order valence-corrected chi connectivity index (χ0v) is 10.6. The molecule has 0 bridgehead atoms. The molecule has 0 saturated carbocycles. The van der Waals surface area contributed by atoms with Gasteiger partial charge in [0.25, 0.3) is 0 Å². The van der Waals surface area contributed by atoms with Crippen molar-refractivity contribution in [3.8, 4) is 0 Å². The number of aliphatic carboxylic acids is 1. The highest BCUT2D eigenvalue weighted by Gasteiger charge is 2.24. The van der Waals surface area contributed by atoms with E-state index in [0.717, 1.165) is 9.87 Å². The molecule has 0 atom stereocenters. The summed E-state index contributed by atoms with van der Waals surface area (Å²) < 4.78 is 24.6. The minimum absolute atomic E-state index is 0.130. The van der Waals surface area contributed by atoms with E-state index in [2.05, 4.69) is 0 Å². The van der Waals surface area contributed by atoms with Crippen LogP contribution in [0.4, 0.5) is 5.69 Å². The van der Waals surface area contributed by atoms with E-state index in [1.54, 1.807) is 31.2 Å². The van der Waals surface area contributed by atoms with Crippen molar-refractivity contribution in [1.82, 2.24) is 0 Å². The van der Waals surface area contributed by atoms with Crippen molar-refractivity contribution >= 4 is 21.7 Å². The van der Waals surface area contributed by atoms with Crippen LogP contribution in [0.3, 0.4) is 0 Å². The highest BCUT2D eigenvalue weighted by molar-refractivity contribution is 7.92.